The summed E-state index contributed by atoms with van der Waals surface area (Å²) in [5.74, 6) is 0.0413. The van der Waals surface area contributed by atoms with Crippen LogP contribution in [0.3, 0.4) is 0 Å². The first-order valence-electron chi connectivity index (χ1n) is 8.74. The van der Waals surface area contributed by atoms with E-state index in [4.69, 9.17) is 5.73 Å². The molecule has 1 aromatic heterocycles. The molecule has 0 saturated heterocycles. The molecule has 4 heteroatoms. The second-order valence-electron chi connectivity index (χ2n) is 6.22. The third-order valence-electron chi connectivity index (χ3n) is 4.60. The highest BCUT2D eigenvalue weighted by molar-refractivity contribution is 5.88. The van der Waals surface area contributed by atoms with Gasteiger partial charge in [0.15, 0.2) is 6.29 Å². The van der Waals surface area contributed by atoms with Crippen molar-refractivity contribution < 1.29 is 4.79 Å². The second kappa shape index (κ2) is 8.41. The van der Waals surface area contributed by atoms with Crippen LogP contribution in [0.5, 0.6) is 0 Å². The summed E-state index contributed by atoms with van der Waals surface area (Å²) < 4.78 is 0. The number of benzene rings is 2. The minimum atomic E-state index is 0.0413. The summed E-state index contributed by atoms with van der Waals surface area (Å²) in [4.78, 5) is 16.1. The Morgan fingerprint density at radius 3 is 2.50 bits per heavy atom. The lowest BCUT2D eigenvalue weighted by atomic mass is 9.84. The maximum atomic E-state index is 11.5. The van der Waals surface area contributed by atoms with Crippen molar-refractivity contribution >= 4 is 12.0 Å². The molecule has 3 N–H and O–H groups in total. The predicted octanol–water partition coefficient (Wildman–Crippen LogP) is 3.88. The molecule has 1 atom stereocenters. The quantitative estimate of drug-likeness (QED) is 0.638. The smallest absolute Gasteiger partial charge is 0.150 e. The Morgan fingerprint density at radius 1 is 1.04 bits per heavy atom. The number of aldehydes is 1. The summed E-state index contributed by atoms with van der Waals surface area (Å²) in [5.41, 5.74) is 11.6. The molecule has 0 saturated carbocycles. The molecule has 0 radical (unpaired) electrons. The fraction of sp³-hybridized carbons (Fsp3) is 0.182. The SMILES string of the molecule is CNCCC(c1ccccc1-c1ccccc1C=O)c1ncccc1N. The first kappa shape index (κ1) is 17.8. The topological polar surface area (TPSA) is 68.0 Å². The molecule has 4 nitrogen and oxygen atoms in total. The van der Waals surface area contributed by atoms with Crippen molar-refractivity contribution in [2.45, 2.75) is 12.3 Å². The van der Waals surface area contributed by atoms with Crippen molar-refractivity contribution in [3.05, 3.63) is 83.7 Å². The van der Waals surface area contributed by atoms with Crippen LogP contribution >= 0.6 is 0 Å². The Balaban J connectivity index is 2.17. The third kappa shape index (κ3) is 3.65. The highest BCUT2D eigenvalue weighted by Gasteiger charge is 2.21. The summed E-state index contributed by atoms with van der Waals surface area (Å²) in [6, 6.07) is 19.6. The van der Waals surface area contributed by atoms with Gasteiger partial charge >= 0.3 is 0 Å². The first-order valence-corrected chi connectivity index (χ1v) is 8.74. The van der Waals surface area contributed by atoms with Gasteiger partial charge < -0.3 is 11.1 Å². The van der Waals surface area contributed by atoms with Gasteiger partial charge in [0.25, 0.3) is 0 Å². The molecule has 26 heavy (non-hydrogen) atoms. The van der Waals surface area contributed by atoms with Gasteiger partial charge in [-0.2, -0.15) is 0 Å². The lowest BCUT2D eigenvalue weighted by molar-refractivity contribution is 0.112. The summed E-state index contributed by atoms with van der Waals surface area (Å²) in [6.07, 6.45) is 3.54. The molecule has 0 amide bonds. The lowest BCUT2D eigenvalue weighted by Crippen LogP contribution is -2.16. The van der Waals surface area contributed by atoms with Crippen LogP contribution in [-0.2, 0) is 0 Å². The number of aromatic nitrogens is 1. The fourth-order valence-corrected chi connectivity index (χ4v) is 3.34. The number of nitrogens with two attached hydrogens (primary N) is 1. The van der Waals surface area contributed by atoms with E-state index < -0.39 is 0 Å². The van der Waals surface area contributed by atoms with Gasteiger partial charge in [0, 0.05) is 17.7 Å². The number of nitrogens with zero attached hydrogens (tertiary/aromatic N) is 1. The second-order valence-corrected chi connectivity index (χ2v) is 6.22. The van der Waals surface area contributed by atoms with Gasteiger partial charge in [0.2, 0.25) is 0 Å². The molecule has 1 heterocycles. The monoisotopic (exact) mass is 345 g/mol. The molecule has 0 spiro atoms. The summed E-state index contributed by atoms with van der Waals surface area (Å²) in [5, 5.41) is 3.21. The summed E-state index contributed by atoms with van der Waals surface area (Å²) in [6.45, 7) is 0.838. The molecule has 0 fully saturated rings. The van der Waals surface area contributed by atoms with E-state index in [2.05, 4.69) is 22.4 Å². The zero-order valence-electron chi connectivity index (χ0n) is 14.9. The average molecular weight is 345 g/mol. The number of carbonyl (C=O) groups excluding carboxylic acids is 1. The van der Waals surface area contributed by atoms with Gasteiger partial charge in [0.1, 0.15) is 0 Å². The maximum absolute atomic E-state index is 11.5. The number of nitrogen functional groups attached to an aromatic ring is 1. The van der Waals surface area contributed by atoms with Crippen LogP contribution in [0, 0.1) is 0 Å². The predicted molar refractivity (Wildman–Crippen MR) is 106 cm³/mol. The molecule has 0 aliphatic carbocycles. The Morgan fingerprint density at radius 2 is 1.77 bits per heavy atom. The van der Waals surface area contributed by atoms with E-state index in [-0.39, 0.29) is 5.92 Å². The van der Waals surface area contributed by atoms with E-state index in [1.54, 1.807) is 6.20 Å². The van der Waals surface area contributed by atoms with Gasteiger partial charge in [-0.15, -0.1) is 0 Å². The molecule has 0 aliphatic heterocycles. The molecule has 3 rings (SSSR count). The van der Waals surface area contributed by atoms with Gasteiger partial charge in [0.05, 0.1) is 11.4 Å². The molecule has 1 unspecified atom stereocenters. The van der Waals surface area contributed by atoms with Gasteiger partial charge in [-0.25, -0.2) is 0 Å². The number of hydrogen-bond acceptors (Lipinski definition) is 4. The average Bonchev–Trinajstić information content (AvgIpc) is 2.70. The van der Waals surface area contributed by atoms with E-state index >= 15 is 0 Å². The fourth-order valence-electron chi connectivity index (χ4n) is 3.34. The number of rotatable bonds is 7. The van der Waals surface area contributed by atoms with Crippen molar-refractivity contribution in [1.29, 1.82) is 0 Å². The van der Waals surface area contributed by atoms with E-state index in [0.29, 0.717) is 11.3 Å². The number of nitrogens with one attached hydrogen (secondary N) is 1. The normalized spacial score (nSPS) is 11.9. The molecule has 132 valence electrons. The highest BCUT2D eigenvalue weighted by atomic mass is 16.1. The van der Waals surface area contributed by atoms with Crippen LogP contribution in [0.1, 0.15) is 34.0 Å². The maximum Gasteiger partial charge on any atom is 0.150 e. The van der Waals surface area contributed by atoms with Crippen molar-refractivity contribution in [3.8, 4) is 11.1 Å². The van der Waals surface area contributed by atoms with E-state index in [1.807, 2.05) is 55.6 Å². The van der Waals surface area contributed by atoms with Gasteiger partial charge in [-0.3, -0.25) is 9.78 Å². The van der Waals surface area contributed by atoms with Crippen LogP contribution in [0.15, 0.2) is 66.9 Å². The molecule has 0 bridgehead atoms. The molecule has 2 aromatic carbocycles. The Kier molecular flexibility index (Phi) is 5.77. The molecule has 3 aromatic rings. The van der Waals surface area contributed by atoms with Gasteiger partial charge in [-0.1, -0.05) is 48.5 Å². The van der Waals surface area contributed by atoms with Crippen LogP contribution in [0.25, 0.3) is 11.1 Å². The van der Waals surface area contributed by atoms with Crippen molar-refractivity contribution in [3.63, 3.8) is 0 Å². The third-order valence-corrected chi connectivity index (χ3v) is 4.60. The minimum absolute atomic E-state index is 0.0413. The molecule has 0 aliphatic rings. The summed E-state index contributed by atoms with van der Waals surface area (Å²) >= 11 is 0. The lowest BCUT2D eigenvalue weighted by Gasteiger charge is -2.22. The van der Waals surface area contributed by atoms with Crippen molar-refractivity contribution in [2.24, 2.45) is 0 Å². The minimum Gasteiger partial charge on any atom is -0.397 e. The van der Waals surface area contributed by atoms with Crippen molar-refractivity contribution in [2.75, 3.05) is 19.3 Å². The number of carbonyl (C=O) groups is 1. The zero-order chi connectivity index (χ0) is 18.4. The van der Waals surface area contributed by atoms with Gasteiger partial charge in [-0.05, 0) is 48.8 Å². The number of hydrogen-bond donors (Lipinski definition) is 2. The first-order chi connectivity index (χ1) is 12.8. The van der Waals surface area contributed by atoms with Crippen LogP contribution in [0.4, 0.5) is 5.69 Å². The Bertz CT molecular complexity index is 892. The van der Waals surface area contributed by atoms with E-state index in [1.165, 1.54) is 0 Å². The standard InChI is InChI=1S/C22H23N3O/c1-24-14-12-20(22-21(23)11-6-13-25-22)19-10-5-4-9-18(19)17-8-3-2-7-16(17)15-26/h2-11,13,15,20,24H,12,14,23H2,1H3. The number of pyridine rings is 1. The summed E-state index contributed by atoms with van der Waals surface area (Å²) in [7, 11) is 1.94. The largest absolute Gasteiger partial charge is 0.397 e. The van der Waals surface area contributed by atoms with Crippen LogP contribution in [-0.4, -0.2) is 24.9 Å². The van der Waals surface area contributed by atoms with Crippen LogP contribution < -0.4 is 11.1 Å². The Hall–Kier alpha value is -2.98. The Labute approximate surface area is 154 Å². The van der Waals surface area contributed by atoms with Crippen LogP contribution in [0.2, 0.25) is 0 Å². The number of anilines is 1. The highest BCUT2D eigenvalue weighted by Crippen LogP contribution is 2.37. The molecular weight excluding hydrogens is 322 g/mol. The van der Waals surface area contributed by atoms with E-state index in [0.717, 1.165) is 41.6 Å². The van der Waals surface area contributed by atoms with Crippen molar-refractivity contribution in [1.82, 2.24) is 10.3 Å². The zero-order valence-corrected chi connectivity index (χ0v) is 14.9. The van der Waals surface area contributed by atoms with E-state index in [9.17, 15) is 4.79 Å². The molecular formula is C22H23N3O.